The van der Waals surface area contributed by atoms with E-state index >= 15 is 0 Å². The van der Waals surface area contributed by atoms with E-state index in [1.165, 1.54) is 0 Å². The fourth-order valence-electron chi connectivity index (χ4n) is 5.75. The second-order valence-corrected chi connectivity index (χ2v) is 11.8. The summed E-state index contributed by atoms with van der Waals surface area (Å²) < 4.78 is 0. The summed E-state index contributed by atoms with van der Waals surface area (Å²) in [6, 6.07) is 3.80. The average molecular weight is 535 g/mol. The van der Waals surface area contributed by atoms with Gasteiger partial charge < -0.3 is 10.2 Å². The highest BCUT2D eigenvalue weighted by Gasteiger charge is 2.46. The molecule has 2 fully saturated rings. The van der Waals surface area contributed by atoms with Gasteiger partial charge in [-0.3, -0.25) is 39.3 Å². The summed E-state index contributed by atoms with van der Waals surface area (Å²) in [6.07, 6.45) is 5.74. The highest BCUT2D eigenvalue weighted by Crippen LogP contribution is 2.38. The Hall–Kier alpha value is -4.02. The number of H-pyrrole nitrogens is 1. The molecule has 0 spiro atoms. The van der Waals surface area contributed by atoms with Crippen molar-refractivity contribution in [3.05, 3.63) is 47.3 Å². The van der Waals surface area contributed by atoms with E-state index in [9.17, 15) is 24.0 Å². The Labute approximate surface area is 226 Å². The lowest BCUT2D eigenvalue weighted by Gasteiger charge is -2.37. The number of aromatic amines is 1. The van der Waals surface area contributed by atoms with Crippen molar-refractivity contribution in [3.8, 4) is 0 Å². The number of carbonyl (C=O) groups excluding carboxylic acids is 5. The molecule has 3 aliphatic heterocycles. The van der Waals surface area contributed by atoms with Crippen LogP contribution in [0.15, 0.2) is 30.6 Å². The van der Waals surface area contributed by atoms with Crippen LogP contribution in [-0.2, 0) is 14.4 Å². The van der Waals surface area contributed by atoms with Gasteiger partial charge in [0.2, 0.25) is 17.7 Å². The molecule has 3 N–H and O–H groups in total. The Morgan fingerprint density at radius 3 is 2.49 bits per heavy atom. The Morgan fingerprint density at radius 2 is 1.85 bits per heavy atom. The average Bonchev–Trinajstić information content (AvgIpc) is 3.50. The second-order valence-electron chi connectivity index (χ2n) is 11.8. The SMILES string of the molecule is CC(C)(C)CC(=O)N1CCC(C(Nc2cccc3c2C(=O)N(C2CCC(=O)NC2=O)C3=O)c2cn[nH]c2)CC1. The number of benzene rings is 1. The number of carbonyl (C=O) groups is 5. The van der Waals surface area contributed by atoms with Gasteiger partial charge in [0.15, 0.2) is 0 Å². The van der Waals surface area contributed by atoms with Gasteiger partial charge in [-0.05, 0) is 42.7 Å². The monoisotopic (exact) mass is 534 g/mol. The summed E-state index contributed by atoms with van der Waals surface area (Å²) in [5, 5.41) is 12.7. The molecule has 2 unspecified atom stereocenters. The van der Waals surface area contributed by atoms with E-state index in [4.69, 9.17) is 0 Å². The topological polar surface area (TPSA) is 145 Å². The van der Waals surface area contributed by atoms with Crippen LogP contribution in [0.25, 0.3) is 0 Å². The molecular weight excluding hydrogens is 500 g/mol. The van der Waals surface area contributed by atoms with Crippen LogP contribution >= 0.6 is 0 Å². The number of likely N-dealkylation sites (tertiary alicyclic amines) is 1. The fraction of sp³-hybridized carbons (Fsp3) is 0.500. The number of imide groups is 2. The highest BCUT2D eigenvalue weighted by atomic mass is 16.2. The van der Waals surface area contributed by atoms with Gasteiger partial charge in [-0.2, -0.15) is 5.10 Å². The summed E-state index contributed by atoms with van der Waals surface area (Å²) in [5.74, 6) is -1.84. The van der Waals surface area contributed by atoms with Crippen LogP contribution in [0.5, 0.6) is 0 Å². The van der Waals surface area contributed by atoms with Gasteiger partial charge >= 0.3 is 0 Å². The minimum atomic E-state index is -1.03. The van der Waals surface area contributed by atoms with E-state index in [1.807, 2.05) is 4.90 Å². The smallest absolute Gasteiger partial charge is 0.264 e. The number of fused-ring (bicyclic) bond motifs is 1. The van der Waals surface area contributed by atoms with Crippen LogP contribution in [0, 0.1) is 11.3 Å². The first-order valence-corrected chi connectivity index (χ1v) is 13.4. The molecule has 0 aliphatic carbocycles. The standard InChI is InChI=1S/C28H34N6O5/c1-28(2,3)13-22(36)33-11-9-16(10-12-33)24(17-14-29-30-15-17)31-19-6-4-5-18-23(19)27(39)34(26(18)38)20-7-8-21(35)32-25(20)37/h4-6,14-16,20,24,31H,7-13H2,1-3H3,(H,29,30)(H,32,35,37). The van der Waals surface area contributed by atoms with Crippen molar-refractivity contribution in [1.82, 2.24) is 25.3 Å². The summed E-state index contributed by atoms with van der Waals surface area (Å²) in [7, 11) is 0. The number of rotatable bonds is 6. The quantitative estimate of drug-likeness (QED) is 0.483. The van der Waals surface area contributed by atoms with Crippen molar-refractivity contribution < 1.29 is 24.0 Å². The predicted octanol–water partition coefficient (Wildman–Crippen LogP) is 2.64. The second kappa shape index (κ2) is 10.3. The van der Waals surface area contributed by atoms with Crippen molar-refractivity contribution in [1.29, 1.82) is 0 Å². The lowest BCUT2D eigenvalue weighted by molar-refractivity contribution is -0.136. The third kappa shape index (κ3) is 5.30. The van der Waals surface area contributed by atoms with Crippen LogP contribution < -0.4 is 10.6 Å². The van der Waals surface area contributed by atoms with Gasteiger partial charge in [-0.25, -0.2) is 0 Å². The van der Waals surface area contributed by atoms with Gasteiger partial charge in [0, 0.05) is 43.4 Å². The summed E-state index contributed by atoms with van der Waals surface area (Å²) in [6.45, 7) is 7.46. The molecule has 11 nitrogen and oxygen atoms in total. The fourth-order valence-corrected chi connectivity index (χ4v) is 5.75. The minimum Gasteiger partial charge on any atom is -0.377 e. The Morgan fingerprint density at radius 1 is 1.10 bits per heavy atom. The molecule has 39 heavy (non-hydrogen) atoms. The third-order valence-electron chi connectivity index (χ3n) is 7.70. The zero-order valence-corrected chi connectivity index (χ0v) is 22.5. The van der Waals surface area contributed by atoms with Crippen LogP contribution in [0.3, 0.4) is 0 Å². The number of aromatic nitrogens is 2. The number of amides is 5. The predicted molar refractivity (Wildman–Crippen MR) is 141 cm³/mol. The molecule has 2 aromatic rings. The number of nitrogens with zero attached hydrogens (tertiary/aromatic N) is 3. The summed E-state index contributed by atoms with van der Waals surface area (Å²) >= 11 is 0. The molecule has 2 saturated heterocycles. The van der Waals surface area contributed by atoms with Crippen molar-refractivity contribution in [2.45, 2.75) is 65.0 Å². The van der Waals surface area contributed by atoms with Crippen molar-refractivity contribution in [2.24, 2.45) is 11.3 Å². The van der Waals surface area contributed by atoms with E-state index in [1.54, 1.807) is 30.6 Å². The van der Waals surface area contributed by atoms with Crippen molar-refractivity contribution >= 4 is 35.2 Å². The third-order valence-corrected chi connectivity index (χ3v) is 7.70. The van der Waals surface area contributed by atoms with E-state index in [2.05, 4.69) is 41.6 Å². The molecule has 1 aromatic carbocycles. The zero-order chi connectivity index (χ0) is 27.9. The van der Waals surface area contributed by atoms with Crippen LogP contribution in [0.4, 0.5) is 5.69 Å². The molecule has 3 aliphatic rings. The molecule has 0 radical (unpaired) electrons. The van der Waals surface area contributed by atoms with Gasteiger partial charge in [-0.1, -0.05) is 26.8 Å². The van der Waals surface area contributed by atoms with Crippen LogP contribution in [0.2, 0.25) is 0 Å². The number of hydrogen-bond acceptors (Lipinski definition) is 7. The number of hydrogen-bond donors (Lipinski definition) is 3. The summed E-state index contributed by atoms with van der Waals surface area (Å²) in [4.78, 5) is 66.6. The van der Waals surface area contributed by atoms with Crippen molar-refractivity contribution in [3.63, 3.8) is 0 Å². The lowest BCUT2D eigenvalue weighted by Crippen LogP contribution is -2.54. The maximum atomic E-state index is 13.6. The Kier molecular flexibility index (Phi) is 7.00. The Balaban J connectivity index is 1.37. The number of piperidine rings is 2. The Bertz CT molecular complexity index is 1310. The van der Waals surface area contributed by atoms with Gasteiger partial charge in [0.25, 0.3) is 11.8 Å². The maximum Gasteiger partial charge on any atom is 0.264 e. The molecule has 2 atom stereocenters. The van der Waals surface area contributed by atoms with Crippen LogP contribution in [0.1, 0.15) is 85.2 Å². The van der Waals surface area contributed by atoms with E-state index in [0.717, 1.165) is 23.3 Å². The molecule has 5 amide bonds. The minimum absolute atomic E-state index is 0.0639. The first-order valence-electron chi connectivity index (χ1n) is 13.4. The molecule has 1 aromatic heterocycles. The van der Waals surface area contributed by atoms with E-state index in [0.29, 0.717) is 25.2 Å². The maximum absolute atomic E-state index is 13.6. The molecule has 4 heterocycles. The first kappa shape index (κ1) is 26.6. The lowest BCUT2D eigenvalue weighted by atomic mass is 9.85. The van der Waals surface area contributed by atoms with Gasteiger partial charge in [0.1, 0.15) is 6.04 Å². The zero-order valence-electron chi connectivity index (χ0n) is 22.5. The molecule has 11 heteroatoms. The van der Waals surface area contributed by atoms with Crippen LogP contribution in [-0.4, -0.2) is 68.7 Å². The van der Waals surface area contributed by atoms with E-state index in [-0.39, 0.29) is 47.3 Å². The molecule has 5 rings (SSSR count). The highest BCUT2D eigenvalue weighted by molar-refractivity contribution is 6.25. The molecule has 0 saturated carbocycles. The molecule has 206 valence electrons. The van der Waals surface area contributed by atoms with Gasteiger partial charge in [0.05, 0.1) is 23.4 Å². The van der Waals surface area contributed by atoms with E-state index < -0.39 is 29.7 Å². The molecular formula is C28H34N6O5. The molecule has 0 bridgehead atoms. The number of nitrogens with one attached hydrogen (secondary N) is 3. The number of anilines is 1. The normalized spacial score (nSPS) is 21.2. The largest absolute Gasteiger partial charge is 0.377 e. The first-order chi connectivity index (χ1) is 18.5. The van der Waals surface area contributed by atoms with Gasteiger partial charge in [-0.15, -0.1) is 0 Å². The summed E-state index contributed by atoms with van der Waals surface area (Å²) in [5.41, 5.74) is 1.78. The van der Waals surface area contributed by atoms with Crippen molar-refractivity contribution in [2.75, 3.05) is 18.4 Å².